The van der Waals surface area contributed by atoms with Crippen LogP contribution in [0.3, 0.4) is 0 Å². The minimum Gasteiger partial charge on any atom is -0.466 e. The van der Waals surface area contributed by atoms with Gasteiger partial charge in [0.15, 0.2) is 4.80 Å². The lowest BCUT2D eigenvalue weighted by Gasteiger charge is -2.25. The van der Waals surface area contributed by atoms with Crippen molar-refractivity contribution in [2.24, 2.45) is 4.99 Å². The number of ether oxygens (including phenoxy) is 1. The summed E-state index contributed by atoms with van der Waals surface area (Å²) in [5.74, 6) is 0.383. The molecule has 4 aromatic rings. The molecule has 2 aromatic carbocycles. The molecular formula is C26H17Cl3N2O4S. The van der Waals surface area contributed by atoms with Crippen LogP contribution in [0.25, 0.3) is 17.4 Å². The van der Waals surface area contributed by atoms with Crippen LogP contribution >= 0.6 is 46.1 Å². The van der Waals surface area contributed by atoms with Gasteiger partial charge in [-0.05, 0) is 48.9 Å². The van der Waals surface area contributed by atoms with Crippen LogP contribution in [0.5, 0.6) is 0 Å². The summed E-state index contributed by atoms with van der Waals surface area (Å²) in [5.41, 5.74) is 1.60. The number of benzene rings is 2. The molecule has 0 fully saturated rings. The lowest BCUT2D eigenvalue weighted by atomic mass is 9.96. The van der Waals surface area contributed by atoms with Crippen molar-refractivity contribution in [2.45, 2.75) is 13.0 Å². The molecule has 0 aliphatic carbocycles. The number of nitrogens with zero attached hydrogens (tertiary/aromatic N) is 2. The highest BCUT2D eigenvalue weighted by molar-refractivity contribution is 7.07. The van der Waals surface area contributed by atoms with Crippen molar-refractivity contribution in [3.05, 3.63) is 112 Å². The molecule has 0 bridgehead atoms. The van der Waals surface area contributed by atoms with Gasteiger partial charge in [-0.15, -0.1) is 0 Å². The van der Waals surface area contributed by atoms with Gasteiger partial charge >= 0.3 is 5.97 Å². The number of carbonyl (C=O) groups is 1. The Hall–Kier alpha value is -3.10. The van der Waals surface area contributed by atoms with E-state index >= 15 is 0 Å². The zero-order valence-electron chi connectivity index (χ0n) is 18.9. The average Bonchev–Trinajstić information content (AvgIpc) is 3.44. The smallest absolute Gasteiger partial charge is 0.338 e. The minimum absolute atomic E-state index is 0.250. The first-order valence-electron chi connectivity index (χ1n) is 10.7. The summed E-state index contributed by atoms with van der Waals surface area (Å²) in [4.78, 5) is 31.3. The van der Waals surface area contributed by atoms with Gasteiger partial charge in [-0.1, -0.05) is 64.3 Å². The Morgan fingerprint density at radius 3 is 2.64 bits per heavy atom. The summed E-state index contributed by atoms with van der Waals surface area (Å²) >= 11 is 20.1. The predicted octanol–water partition coefficient (Wildman–Crippen LogP) is 5.63. The molecule has 6 nitrogen and oxygen atoms in total. The van der Waals surface area contributed by atoms with E-state index in [4.69, 9.17) is 44.0 Å². The molecule has 0 N–H and O–H groups in total. The Kier molecular flexibility index (Phi) is 6.66. The van der Waals surface area contributed by atoms with Crippen LogP contribution in [-0.2, 0) is 9.53 Å². The van der Waals surface area contributed by atoms with E-state index in [2.05, 4.69) is 4.99 Å². The van der Waals surface area contributed by atoms with Crippen molar-refractivity contribution < 1.29 is 13.9 Å². The third kappa shape index (κ3) is 4.33. The lowest BCUT2D eigenvalue weighted by Crippen LogP contribution is -2.39. The highest BCUT2D eigenvalue weighted by Crippen LogP contribution is 2.35. The number of furan rings is 1. The van der Waals surface area contributed by atoms with E-state index in [1.54, 1.807) is 67.6 Å². The standard InChI is InChI=1S/C26H17Cl3N2O4S/c1-13-22(25(33)34-2)23(16-5-3-4-6-18(16)28)31-24(32)21(36-26(31)30-13)12-15-8-10-20(35-15)17-11-14(27)7-9-19(17)29/h3-12,23H,1-2H3/b21-12-/t23-/m0/s1. The number of carbonyl (C=O) groups excluding carboxylic acids is 1. The van der Waals surface area contributed by atoms with Crippen LogP contribution in [0.1, 0.15) is 24.3 Å². The third-order valence-electron chi connectivity index (χ3n) is 5.72. The van der Waals surface area contributed by atoms with E-state index in [9.17, 15) is 9.59 Å². The average molecular weight is 560 g/mol. The highest BCUT2D eigenvalue weighted by Gasteiger charge is 2.34. The van der Waals surface area contributed by atoms with E-state index < -0.39 is 12.0 Å². The molecule has 0 amide bonds. The zero-order valence-corrected chi connectivity index (χ0v) is 22.0. The minimum atomic E-state index is -0.790. The second kappa shape index (κ2) is 9.75. The Morgan fingerprint density at radius 2 is 1.89 bits per heavy atom. The predicted molar refractivity (Wildman–Crippen MR) is 141 cm³/mol. The van der Waals surface area contributed by atoms with Crippen molar-refractivity contribution in [1.82, 2.24) is 4.57 Å². The van der Waals surface area contributed by atoms with Crippen LogP contribution in [0, 0.1) is 0 Å². The number of methoxy groups -OCH3 is 1. The van der Waals surface area contributed by atoms with Crippen molar-refractivity contribution in [1.29, 1.82) is 0 Å². The quantitative estimate of drug-likeness (QED) is 0.304. The number of esters is 1. The SMILES string of the molecule is COC(=O)C1=C(C)N=c2s/c(=C\c3ccc(-c4cc(Cl)ccc4Cl)o3)c(=O)n2[C@H]1c1ccccc1Cl. The molecule has 5 rings (SSSR count). The first kappa shape index (κ1) is 24.6. The van der Waals surface area contributed by atoms with E-state index in [0.29, 0.717) is 52.7 Å². The van der Waals surface area contributed by atoms with E-state index in [1.807, 2.05) is 0 Å². The van der Waals surface area contributed by atoms with Gasteiger partial charge in [0.2, 0.25) is 0 Å². The first-order chi connectivity index (χ1) is 17.3. The molecule has 1 aliphatic heterocycles. The summed E-state index contributed by atoms with van der Waals surface area (Å²) in [6, 6.07) is 14.9. The van der Waals surface area contributed by atoms with Gasteiger partial charge in [-0.3, -0.25) is 9.36 Å². The topological polar surface area (TPSA) is 73.8 Å². The molecular weight excluding hydrogens is 543 g/mol. The fourth-order valence-electron chi connectivity index (χ4n) is 4.07. The molecule has 0 saturated carbocycles. The van der Waals surface area contributed by atoms with Gasteiger partial charge < -0.3 is 9.15 Å². The molecule has 2 aromatic heterocycles. The summed E-state index contributed by atoms with van der Waals surface area (Å²) < 4.78 is 12.8. The van der Waals surface area contributed by atoms with Gasteiger partial charge in [-0.25, -0.2) is 9.79 Å². The van der Waals surface area contributed by atoms with E-state index in [0.717, 1.165) is 0 Å². The monoisotopic (exact) mass is 558 g/mol. The Morgan fingerprint density at radius 1 is 1.11 bits per heavy atom. The second-order valence-corrected chi connectivity index (χ2v) is 10.2. The molecule has 1 atom stereocenters. The van der Waals surface area contributed by atoms with Crippen LogP contribution in [0.15, 0.2) is 80.1 Å². The second-order valence-electron chi connectivity index (χ2n) is 7.92. The van der Waals surface area contributed by atoms with Crippen LogP contribution < -0.4 is 14.9 Å². The number of aromatic nitrogens is 1. The maximum atomic E-state index is 13.6. The Balaban J connectivity index is 1.67. The number of rotatable bonds is 4. The summed E-state index contributed by atoms with van der Waals surface area (Å²) in [6.45, 7) is 1.71. The Labute approximate surface area is 224 Å². The molecule has 3 heterocycles. The molecule has 0 saturated heterocycles. The number of hydrogen-bond donors (Lipinski definition) is 0. The summed E-state index contributed by atoms with van der Waals surface area (Å²) in [7, 11) is 1.29. The molecule has 0 unspecified atom stereocenters. The van der Waals surface area contributed by atoms with Crippen LogP contribution in [0.4, 0.5) is 0 Å². The molecule has 10 heteroatoms. The third-order valence-corrected chi connectivity index (χ3v) is 7.61. The summed E-state index contributed by atoms with van der Waals surface area (Å²) in [6.07, 6.45) is 1.63. The van der Waals surface area contributed by atoms with Gasteiger partial charge in [0.05, 0.1) is 27.9 Å². The van der Waals surface area contributed by atoms with Crippen LogP contribution in [0.2, 0.25) is 15.1 Å². The molecule has 182 valence electrons. The number of allylic oxidation sites excluding steroid dienone is 1. The molecule has 0 spiro atoms. The fourth-order valence-corrected chi connectivity index (χ4v) is 5.72. The fraction of sp³-hybridized carbons (Fsp3) is 0.115. The van der Waals surface area contributed by atoms with Crippen molar-refractivity contribution in [2.75, 3.05) is 7.11 Å². The number of halogens is 3. The van der Waals surface area contributed by atoms with Crippen molar-refractivity contribution in [3.8, 4) is 11.3 Å². The molecule has 1 aliphatic rings. The highest BCUT2D eigenvalue weighted by atomic mass is 35.5. The maximum absolute atomic E-state index is 13.6. The zero-order chi connectivity index (χ0) is 25.6. The van der Waals surface area contributed by atoms with Gasteiger partial charge in [0, 0.05) is 21.7 Å². The van der Waals surface area contributed by atoms with Crippen LogP contribution in [-0.4, -0.2) is 17.6 Å². The van der Waals surface area contributed by atoms with Crippen molar-refractivity contribution >= 4 is 58.2 Å². The van der Waals surface area contributed by atoms with E-state index in [-0.39, 0.29) is 11.1 Å². The lowest BCUT2D eigenvalue weighted by molar-refractivity contribution is -0.136. The van der Waals surface area contributed by atoms with Gasteiger partial charge in [-0.2, -0.15) is 0 Å². The normalized spacial score (nSPS) is 15.6. The molecule has 0 radical (unpaired) electrons. The number of thiazole rings is 1. The van der Waals surface area contributed by atoms with E-state index in [1.165, 1.54) is 23.0 Å². The Bertz CT molecular complexity index is 1730. The number of fused-ring (bicyclic) bond motifs is 1. The first-order valence-corrected chi connectivity index (χ1v) is 12.6. The summed E-state index contributed by atoms with van der Waals surface area (Å²) in [5, 5.41) is 1.43. The largest absolute Gasteiger partial charge is 0.466 e. The maximum Gasteiger partial charge on any atom is 0.338 e. The van der Waals surface area contributed by atoms with Gasteiger partial charge in [0.1, 0.15) is 17.6 Å². The number of hydrogen-bond acceptors (Lipinski definition) is 6. The van der Waals surface area contributed by atoms with Crippen molar-refractivity contribution in [3.63, 3.8) is 0 Å². The van der Waals surface area contributed by atoms with Gasteiger partial charge in [0.25, 0.3) is 5.56 Å². The molecule has 36 heavy (non-hydrogen) atoms.